The molecule has 0 radical (unpaired) electrons. The van der Waals surface area contributed by atoms with Crippen LogP contribution >= 0.6 is 0 Å². The molecule has 0 aliphatic carbocycles. The number of hydrogen-bond acceptors (Lipinski definition) is 6. The van der Waals surface area contributed by atoms with Gasteiger partial charge in [-0.15, -0.1) is 0 Å². The molecule has 0 aromatic carbocycles. The van der Waals surface area contributed by atoms with Gasteiger partial charge in [-0.25, -0.2) is 9.97 Å². The highest BCUT2D eigenvalue weighted by molar-refractivity contribution is 5.74. The van der Waals surface area contributed by atoms with Gasteiger partial charge in [-0.05, 0) is 20.9 Å². The Balaban J connectivity index is 1.67. The molecule has 0 unspecified atom stereocenters. The monoisotopic (exact) mass is 421 g/mol. The van der Waals surface area contributed by atoms with Gasteiger partial charge in [-0.2, -0.15) is 18.3 Å². The normalized spacial score (nSPS) is 23.1. The Morgan fingerprint density at radius 3 is 2.50 bits per heavy atom. The molecule has 1 N–H and O–H groups in total. The highest BCUT2D eigenvalue weighted by Crippen LogP contribution is 2.37. The van der Waals surface area contributed by atoms with E-state index in [0.717, 1.165) is 23.7 Å². The minimum Gasteiger partial charge on any atom is -0.389 e. The van der Waals surface area contributed by atoms with Crippen LogP contribution < -0.4 is 4.90 Å². The van der Waals surface area contributed by atoms with Crippen LogP contribution in [0.15, 0.2) is 18.6 Å². The molecule has 2 saturated heterocycles. The minimum absolute atomic E-state index is 0.135. The number of alkyl halides is 3. The Morgan fingerprint density at radius 2 is 1.90 bits per heavy atom. The quantitative estimate of drug-likeness (QED) is 0.697. The highest BCUT2D eigenvalue weighted by atomic mass is 19.4. The van der Waals surface area contributed by atoms with E-state index in [9.17, 15) is 18.3 Å². The van der Waals surface area contributed by atoms with Crippen LogP contribution in [0.2, 0.25) is 0 Å². The molecule has 11 heteroatoms. The molecule has 30 heavy (non-hydrogen) atoms. The van der Waals surface area contributed by atoms with Crippen LogP contribution in [0, 0.1) is 6.92 Å². The van der Waals surface area contributed by atoms with Gasteiger partial charge >= 0.3 is 6.18 Å². The van der Waals surface area contributed by atoms with Gasteiger partial charge in [0.2, 0.25) is 0 Å². The number of rotatable bonds is 3. The third-order valence-corrected chi connectivity index (χ3v) is 6.15. The SMILES string of the molecule is Cc1c(-c2cnn(C3CN(C)C3)c2)nc(N2C[C@@H](O)[C@@H]2C)c2ncc(C(F)(F)F)n12. The van der Waals surface area contributed by atoms with Gasteiger partial charge in [0.15, 0.2) is 11.5 Å². The maximum atomic E-state index is 13.7. The van der Waals surface area contributed by atoms with Gasteiger partial charge in [0.1, 0.15) is 5.69 Å². The van der Waals surface area contributed by atoms with E-state index >= 15 is 0 Å². The average molecular weight is 421 g/mol. The summed E-state index contributed by atoms with van der Waals surface area (Å²) in [5, 5.41) is 14.3. The molecule has 8 nitrogen and oxygen atoms in total. The number of aliphatic hydroxyl groups is 1. The van der Waals surface area contributed by atoms with E-state index in [2.05, 4.69) is 15.0 Å². The fourth-order valence-electron chi connectivity index (χ4n) is 4.22. The lowest BCUT2D eigenvalue weighted by molar-refractivity contribution is -0.141. The molecule has 3 aromatic rings. The number of likely N-dealkylation sites (tertiary alicyclic amines) is 1. The molecule has 0 spiro atoms. The molecule has 2 atom stereocenters. The number of hydrogen-bond donors (Lipinski definition) is 1. The number of aliphatic hydroxyl groups excluding tert-OH is 1. The van der Waals surface area contributed by atoms with E-state index in [-0.39, 0.29) is 17.7 Å². The van der Waals surface area contributed by atoms with Crippen molar-refractivity contribution >= 4 is 11.5 Å². The Kier molecular flexibility index (Phi) is 4.13. The number of aryl methyl sites for hydroxylation is 1. The largest absolute Gasteiger partial charge is 0.433 e. The lowest BCUT2D eigenvalue weighted by atomic mass is 10.0. The summed E-state index contributed by atoms with van der Waals surface area (Å²) >= 11 is 0. The second-order valence-corrected chi connectivity index (χ2v) is 8.21. The van der Waals surface area contributed by atoms with Gasteiger partial charge in [0, 0.05) is 37.1 Å². The summed E-state index contributed by atoms with van der Waals surface area (Å²) in [7, 11) is 2.02. The van der Waals surface area contributed by atoms with Crippen LogP contribution in [-0.2, 0) is 6.18 Å². The second kappa shape index (κ2) is 6.42. The maximum absolute atomic E-state index is 13.7. The van der Waals surface area contributed by atoms with Crippen molar-refractivity contribution in [2.45, 2.75) is 38.2 Å². The summed E-state index contributed by atoms with van der Waals surface area (Å²) in [6.07, 6.45) is -0.789. The van der Waals surface area contributed by atoms with Gasteiger partial charge in [-0.1, -0.05) is 0 Å². The van der Waals surface area contributed by atoms with Crippen molar-refractivity contribution in [1.29, 1.82) is 0 Å². The maximum Gasteiger partial charge on any atom is 0.433 e. The average Bonchev–Trinajstić information content (AvgIpc) is 3.31. The van der Waals surface area contributed by atoms with Gasteiger partial charge in [0.25, 0.3) is 0 Å². The molecule has 160 valence electrons. The summed E-state index contributed by atoms with van der Waals surface area (Å²) in [6, 6.07) is -0.00656. The van der Waals surface area contributed by atoms with Crippen LogP contribution in [0.5, 0.6) is 0 Å². The summed E-state index contributed by atoms with van der Waals surface area (Å²) in [5.74, 6) is 0.333. The molecular formula is C19H22F3N7O. The zero-order valence-corrected chi connectivity index (χ0v) is 16.8. The summed E-state index contributed by atoms with van der Waals surface area (Å²) in [5.41, 5.74) is 0.712. The zero-order chi connectivity index (χ0) is 21.4. The number of likely N-dealkylation sites (N-methyl/N-ethyl adjacent to an activating group) is 1. The van der Waals surface area contributed by atoms with Crippen LogP contribution in [0.3, 0.4) is 0 Å². The molecule has 5 rings (SSSR count). The van der Waals surface area contributed by atoms with Crippen molar-refractivity contribution < 1.29 is 18.3 Å². The smallest absolute Gasteiger partial charge is 0.389 e. The molecule has 0 bridgehead atoms. The Hall–Kier alpha value is -2.66. The molecule has 5 heterocycles. The number of nitrogens with zero attached hydrogens (tertiary/aromatic N) is 7. The predicted molar refractivity (Wildman–Crippen MR) is 103 cm³/mol. The number of anilines is 1. The molecular weight excluding hydrogens is 399 g/mol. The molecule has 2 aliphatic rings. The first-order chi connectivity index (χ1) is 14.1. The number of fused-ring (bicyclic) bond motifs is 1. The number of aromatic nitrogens is 5. The van der Waals surface area contributed by atoms with E-state index in [4.69, 9.17) is 4.98 Å². The fraction of sp³-hybridized carbons (Fsp3) is 0.526. The molecule has 3 aromatic heterocycles. The minimum atomic E-state index is -4.55. The van der Waals surface area contributed by atoms with E-state index < -0.39 is 18.0 Å². The first-order valence-electron chi connectivity index (χ1n) is 9.78. The zero-order valence-electron chi connectivity index (χ0n) is 16.8. The Labute approximate surface area is 170 Å². The number of β-amino-alcohol motifs (C(OH)–C–C–N with tert-alkyl or cyclic N) is 1. The third-order valence-electron chi connectivity index (χ3n) is 6.15. The second-order valence-electron chi connectivity index (χ2n) is 8.21. The lowest BCUT2D eigenvalue weighted by Crippen LogP contribution is -2.59. The first kappa shape index (κ1) is 19.3. The topological polar surface area (TPSA) is 74.7 Å². The van der Waals surface area contributed by atoms with Crippen molar-refractivity contribution in [1.82, 2.24) is 29.0 Å². The van der Waals surface area contributed by atoms with E-state index in [1.165, 1.54) is 0 Å². The van der Waals surface area contributed by atoms with Crippen molar-refractivity contribution in [2.75, 3.05) is 31.6 Å². The fourth-order valence-corrected chi connectivity index (χ4v) is 4.22. The first-order valence-corrected chi connectivity index (χ1v) is 9.78. The third kappa shape index (κ3) is 2.79. The van der Waals surface area contributed by atoms with E-state index in [1.807, 2.05) is 24.9 Å². The predicted octanol–water partition coefficient (Wildman–Crippen LogP) is 1.98. The van der Waals surface area contributed by atoms with Crippen molar-refractivity contribution in [3.05, 3.63) is 30.0 Å². The summed E-state index contributed by atoms with van der Waals surface area (Å²) < 4.78 is 44.0. The van der Waals surface area contributed by atoms with Crippen molar-refractivity contribution in [3.8, 4) is 11.3 Å². The van der Waals surface area contributed by atoms with Gasteiger partial charge in [-0.3, -0.25) is 9.08 Å². The Bertz CT molecular complexity index is 1120. The summed E-state index contributed by atoms with van der Waals surface area (Å²) in [6.45, 7) is 5.47. The van der Waals surface area contributed by atoms with Gasteiger partial charge < -0.3 is 14.9 Å². The van der Waals surface area contributed by atoms with E-state index in [0.29, 0.717) is 29.3 Å². The molecule has 0 amide bonds. The summed E-state index contributed by atoms with van der Waals surface area (Å²) in [4.78, 5) is 12.7. The van der Waals surface area contributed by atoms with Crippen LogP contribution in [-0.4, -0.2) is 73.0 Å². The van der Waals surface area contributed by atoms with Crippen molar-refractivity contribution in [2.24, 2.45) is 0 Å². The number of imidazole rings is 1. The van der Waals surface area contributed by atoms with Crippen molar-refractivity contribution in [3.63, 3.8) is 0 Å². The van der Waals surface area contributed by atoms with Gasteiger partial charge in [0.05, 0.1) is 36.3 Å². The molecule has 2 aliphatic heterocycles. The van der Waals surface area contributed by atoms with E-state index in [1.54, 1.807) is 18.0 Å². The standard InChI is InChI=1S/C19H22F3N7O/c1-10-14(30)9-27(10)18-17-23-5-15(19(20,21)22)29(17)11(2)16(25-18)12-4-24-28(6-12)13-7-26(3)8-13/h4-6,10,13-14,30H,7-9H2,1-3H3/t10-,14+/m0/s1. The molecule has 0 saturated carbocycles. The molecule has 2 fully saturated rings. The Morgan fingerprint density at radius 1 is 1.17 bits per heavy atom. The number of halogens is 3. The van der Waals surface area contributed by atoms with Crippen LogP contribution in [0.25, 0.3) is 16.9 Å². The lowest BCUT2D eigenvalue weighted by Gasteiger charge is -2.44. The highest BCUT2D eigenvalue weighted by Gasteiger charge is 2.40. The van der Waals surface area contributed by atoms with Crippen LogP contribution in [0.4, 0.5) is 19.0 Å². The van der Waals surface area contributed by atoms with Crippen LogP contribution in [0.1, 0.15) is 24.4 Å².